The molecule has 0 bridgehead atoms. The van der Waals surface area contributed by atoms with Crippen LogP contribution in [-0.4, -0.2) is 15.1 Å². The van der Waals surface area contributed by atoms with Crippen LogP contribution in [0.1, 0.15) is 11.1 Å². The van der Waals surface area contributed by atoms with E-state index in [1.807, 2.05) is 67.7 Å². The van der Waals surface area contributed by atoms with Gasteiger partial charge in [-0.25, -0.2) is 4.98 Å². The molecule has 0 saturated heterocycles. The lowest BCUT2D eigenvalue weighted by Gasteiger charge is -2.20. The molecule has 0 unspecified atom stereocenters. The van der Waals surface area contributed by atoms with Crippen LogP contribution >= 0.6 is 23.2 Å². The third kappa shape index (κ3) is 4.19. The van der Waals surface area contributed by atoms with Crippen molar-refractivity contribution >= 4 is 51.8 Å². The normalized spacial score (nSPS) is 11.3. The molecule has 4 aromatic rings. The van der Waals surface area contributed by atoms with Crippen molar-refractivity contribution in [1.82, 2.24) is 9.97 Å². The Kier molecular flexibility index (Phi) is 5.38. The van der Waals surface area contributed by atoms with Crippen molar-refractivity contribution < 1.29 is 5.11 Å². The monoisotopic (exact) mass is 421 g/mol. The number of para-hydroxylation sites is 1. The molecule has 0 spiro atoms. The van der Waals surface area contributed by atoms with Crippen LogP contribution in [0.25, 0.3) is 17.0 Å². The van der Waals surface area contributed by atoms with Gasteiger partial charge in [0.25, 0.3) is 0 Å². The molecule has 0 saturated carbocycles. The van der Waals surface area contributed by atoms with Crippen LogP contribution < -0.4 is 4.90 Å². The van der Waals surface area contributed by atoms with Gasteiger partial charge in [-0.3, -0.25) is 4.90 Å². The fourth-order valence-corrected chi connectivity index (χ4v) is 3.19. The zero-order valence-corrected chi connectivity index (χ0v) is 17.1. The first-order valence-electron chi connectivity index (χ1n) is 8.96. The molecule has 0 fully saturated rings. The standard InChI is InChI=1S/C23H17Cl2N3O/c1-15-6-8-16(9-7-15)12-13-28(17-10-11-19(24)20(25)14-17)23-26-21-5-3-2-4-18(21)22(29)27-23/h2-14H,1H3,(H,26,27,29)/b13-12+. The Morgan fingerprint density at radius 2 is 1.66 bits per heavy atom. The summed E-state index contributed by atoms with van der Waals surface area (Å²) in [4.78, 5) is 10.7. The first-order chi connectivity index (χ1) is 14.0. The van der Waals surface area contributed by atoms with Crippen LogP contribution in [0.2, 0.25) is 10.0 Å². The first-order valence-corrected chi connectivity index (χ1v) is 9.72. The average molecular weight is 422 g/mol. The van der Waals surface area contributed by atoms with Gasteiger partial charge < -0.3 is 5.11 Å². The van der Waals surface area contributed by atoms with Crippen molar-refractivity contribution in [1.29, 1.82) is 0 Å². The van der Waals surface area contributed by atoms with E-state index in [4.69, 9.17) is 23.2 Å². The number of aromatic hydroxyl groups is 1. The van der Waals surface area contributed by atoms with E-state index in [1.165, 1.54) is 5.56 Å². The largest absolute Gasteiger partial charge is 0.493 e. The summed E-state index contributed by atoms with van der Waals surface area (Å²) < 4.78 is 0. The molecule has 4 rings (SSSR count). The van der Waals surface area contributed by atoms with E-state index in [1.54, 1.807) is 23.1 Å². The van der Waals surface area contributed by atoms with E-state index in [-0.39, 0.29) is 5.88 Å². The second-order valence-electron chi connectivity index (χ2n) is 6.56. The molecule has 4 nitrogen and oxygen atoms in total. The lowest BCUT2D eigenvalue weighted by molar-refractivity contribution is 0.460. The van der Waals surface area contributed by atoms with Crippen molar-refractivity contribution in [2.45, 2.75) is 6.92 Å². The molecule has 144 valence electrons. The minimum atomic E-state index is -0.0839. The van der Waals surface area contributed by atoms with Gasteiger partial charge in [0.05, 0.1) is 26.6 Å². The van der Waals surface area contributed by atoms with Gasteiger partial charge in [-0.2, -0.15) is 4.98 Å². The summed E-state index contributed by atoms with van der Waals surface area (Å²) >= 11 is 12.3. The van der Waals surface area contributed by atoms with Crippen LogP contribution in [0.3, 0.4) is 0 Å². The number of halogens is 2. The summed E-state index contributed by atoms with van der Waals surface area (Å²) in [6.07, 6.45) is 3.78. The maximum Gasteiger partial charge on any atom is 0.238 e. The van der Waals surface area contributed by atoms with Crippen LogP contribution in [0.5, 0.6) is 5.88 Å². The van der Waals surface area contributed by atoms with E-state index in [0.717, 1.165) is 11.3 Å². The smallest absolute Gasteiger partial charge is 0.238 e. The van der Waals surface area contributed by atoms with Crippen molar-refractivity contribution in [3.8, 4) is 5.88 Å². The summed E-state index contributed by atoms with van der Waals surface area (Å²) in [6.45, 7) is 2.04. The number of rotatable bonds is 4. The summed E-state index contributed by atoms with van der Waals surface area (Å²) in [5, 5.41) is 11.9. The van der Waals surface area contributed by atoms with Crippen molar-refractivity contribution in [2.75, 3.05) is 4.90 Å². The number of anilines is 2. The molecule has 0 atom stereocenters. The van der Waals surface area contributed by atoms with E-state index >= 15 is 0 Å². The SMILES string of the molecule is Cc1ccc(/C=C/N(c2ccc(Cl)c(Cl)c2)c2nc(O)c3ccccc3n2)cc1. The van der Waals surface area contributed by atoms with Gasteiger partial charge in [0.1, 0.15) is 0 Å². The Morgan fingerprint density at radius 1 is 0.897 bits per heavy atom. The lowest BCUT2D eigenvalue weighted by atomic mass is 10.1. The van der Waals surface area contributed by atoms with Gasteiger partial charge in [0.2, 0.25) is 11.8 Å². The Bertz CT molecular complexity index is 1210. The van der Waals surface area contributed by atoms with Gasteiger partial charge >= 0.3 is 0 Å². The highest BCUT2D eigenvalue weighted by atomic mass is 35.5. The van der Waals surface area contributed by atoms with Crippen LogP contribution in [0.15, 0.2) is 72.9 Å². The van der Waals surface area contributed by atoms with Gasteiger partial charge in [0.15, 0.2) is 0 Å². The zero-order valence-electron chi connectivity index (χ0n) is 15.6. The molecule has 0 amide bonds. The highest BCUT2D eigenvalue weighted by Gasteiger charge is 2.15. The fourth-order valence-electron chi connectivity index (χ4n) is 2.90. The predicted molar refractivity (Wildman–Crippen MR) is 120 cm³/mol. The maximum absolute atomic E-state index is 10.4. The van der Waals surface area contributed by atoms with Crippen LogP contribution in [0.4, 0.5) is 11.6 Å². The van der Waals surface area contributed by atoms with Gasteiger partial charge in [-0.1, -0.05) is 65.2 Å². The third-order valence-electron chi connectivity index (χ3n) is 4.46. The number of nitrogens with zero attached hydrogens (tertiary/aromatic N) is 3. The van der Waals surface area contributed by atoms with Gasteiger partial charge in [-0.05, 0) is 48.9 Å². The zero-order chi connectivity index (χ0) is 20.4. The quantitative estimate of drug-likeness (QED) is 0.395. The predicted octanol–water partition coefficient (Wildman–Crippen LogP) is 6.76. The first kappa shape index (κ1) is 19.2. The highest BCUT2D eigenvalue weighted by molar-refractivity contribution is 6.42. The molecule has 3 aromatic carbocycles. The minimum Gasteiger partial charge on any atom is -0.493 e. The summed E-state index contributed by atoms with van der Waals surface area (Å²) in [5.41, 5.74) is 3.57. The molecular formula is C23H17Cl2N3O. The van der Waals surface area contributed by atoms with Crippen molar-refractivity contribution in [3.63, 3.8) is 0 Å². The van der Waals surface area contributed by atoms with Crippen LogP contribution in [0, 0.1) is 6.92 Å². The Hall–Kier alpha value is -3.08. The molecule has 6 heteroatoms. The topological polar surface area (TPSA) is 49.2 Å². The Balaban J connectivity index is 1.83. The number of aromatic nitrogens is 2. The number of hydrogen-bond acceptors (Lipinski definition) is 4. The minimum absolute atomic E-state index is 0.0839. The average Bonchev–Trinajstić information content (AvgIpc) is 2.72. The Morgan fingerprint density at radius 3 is 2.41 bits per heavy atom. The van der Waals surface area contributed by atoms with Crippen LogP contribution in [-0.2, 0) is 0 Å². The number of aryl methyl sites for hydroxylation is 1. The van der Waals surface area contributed by atoms with Gasteiger partial charge in [-0.15, -0.1) is 0 Å². The molecule has 0 radical (unpaired) electrons. The van der Waals surface area contributed by atoms with Gasteiger partial charge in [0, 0.05) is 6.20 Å². The van der Waals surface area contributed by atoms with E-state index in [2.05, 4.69) is 9.97 Å². The third-order valence-corrected chi connectivity index (χ3v) is 5.20. The molecule has 1 N–H and O–H groups in total. The molecule has 1 aromatic heterocycles. The second-order valence-corrected chi connectivity index (χ2v) is 7.37. The molecule has 1 heterocycles. The number of benzene rings is 3. The van der Waals surface area contributed by atoms with Crippen molar-refractivity contribution in [2.24, 2.45) is 0 Å². The molecular weight excluding hydrogens is 405 g/mol. The highest BCUT2D eigenvalue weighted by Crippen LogP contribution is 2.32. The van der Waals surface area contributed by atoms with E-state index < -0.39 is 0 Å². The molecule has 0 aliphatic carbocycles. The molecule has 29 heavy (non-hydrogen) atoms. The lowest BCUT2D eigenvalue weighted by Crippen LogP contribution is -2.12. The van der Waals surface area contributed by atoms with E-state index in [0.29, 0.717) is 26.9 Å². The number of fused-ring (bicyclic) bond motifs is 1. The maximum atomic E-state index is 10.4. The second kappa shape index (κ2) is 8.11. The molecule has 0 aliphatic heterocycles. The summed E-state index contributed by atoms with van der Waals surface area (Å²) in [5.74, 6) is 0.238. The fraction of sp³-hybridized carbons (Fsp3) is 0.0435. The summed E-state index contributed by atoms with van der Waals surface area (Å²) in [7, 11) is 0. The van der Waals surface area contributed by atoms with Crippen molar-refractivity contribution in [3.05, 3.63) is 94.1 Å². The number of hydrogen-bond donors (Lipinski definition) is 1. The van der Waals surface area contributed by atoms with E-state index in [9.17, 15) is 5.11 Å². The Labute approximate surface area is 178 Å². The molecule has 0 aliphatic rings. The summed E-state index contributed by atoms with van der Waals surface area (Å²) in [6, 6.07) is 20.7.